The van der Waals surface area contributed by atoms with E-state index in [-0.39, 0.29) is 6.10 Å². The van der Waals surface area contributed by atoms with E-state index in [4.69, 9.17) is 4.74 Å². The minimum Gasteiger partial charge on any atom is -0.491 e. The average Bonchev–Trinajstić information content (AvgIpc) is 2.69. The van der Waals surface area contributed by atoms with Gasteiger partial charge in [0.05, 0.1) is 12.3 Å². The lowest BCUT2D eigenvalue weighted by Crippen LogP contribution is -2.05. The van der Waals surface area contributed by atoms with Crippen molar-refractivity contribution in [3.8, 4) is 5.75 Å². The van der Waals surface area contributed by atoms with E-state index in [9.17, 15) is 0 Å². The zero-order valence-electron chi connectivity index (χ0n) is 12.0. The summed E-state index contributed by atoms with van der Waals surface area (Å²) in [5, 5.41) is 7.62. The van der Waals surface area contributed by atoms with Crippen LogP contribution in [0.4, 0.5) is 5.69 Å². The first-order valence-corrected chi connectivity index (χ1v) is 6.54. The lowest BCUT2D eigenvalue weighted by molar-refractivity contribution is 0.242. The van der Waals surface area contributed by atoms with E-state index in [2.05, 4.69) is 17.3 Å². The van der Waals surface area contributed by atoms with E-state index < -0.39 is 0 Å². The molecule has 0 spiro atoms. The molecule has 0 aliphatic heterocycles. The van der Waals surface area contributed by atoms with Crippen LogP contribution >= 0.6 is 0 Å². The molecule has 19 heavy (non-hydrogen) atoms. The standard InChI is InChI=1S/C15H21N3O/c1-11(2)19-15-7-5-14(6-8-15)16-9-13-10-17-18(4)12(13)3/h5-8,10-11,16H,9H2,1-4H3. The molecule has 4 nitrogen and oxygen atoms in total. The van der Waals surface area contributed by atoms with E-state index in [0.717, 1.165) is 18.0 Å². The van der Waals surface area contributed by atoms with Crippen molar-refractivity contribution >= 4 is 5.69 Å². The van der Waals surface area contributed by atoms with Gasteiger partial charge in [-0.1, -0.05) is 0 Å². The molecular formula is C15H21N3O. The van der Waals surface area contributed by atoms with E-state index in [0.29, 0.717) is 0 Å². The van der Waals surface area contributed by atoms with Crippen LogP contribution in [-0.2, 0) is 13.6 Å². The van der Waals surface area contributed by atoms with Gasteiger partial charge in [-0.2, -0.15) is 5.10 Å². The molecule has 0 saturated carbocycles. The van der Waals surface area contributed by atoms with Crippen LogP contribution in [0.3, 0.4) is 0 Å². The lowest BCUT2D eigenvalue weighted by Gasteiger charge is -2.11. The Labute approximate surface area is 114 Å². The molecule has 0 unspecified atom stereocenters. The Bertz CT molecular complexity index is 529. The molecular weight excluding hydrogens is 238 g/mol. The van der Waals surface area contributed by atoms with Gasteiger partial charge in [0.25, 0.3) is 0 Å². The second-order valence-electron chi connectivity index (χ2n) is 4.92. The largest absolute Gasteiger partial charge is 0.491 e. The fraction of sp³-hybridized carbons (Fsp3) is 0.400. The minimum absolute atomic E-state index is 0.205. The number of ether oxygens (including phenoxy) is 1. The first-order valence-electron chi connectivity index (χ1n) is 6.54. The summed E-state index contributed by atoms with van der Waals surface area (Å²) in [5.41, 5.74) is 3.48. The van der Waals surface area contributed by atoms with Gasteiger partial charge in [-0.25, -0.2) is 0 Å². The van der Waals surface area contributed by atoms with Crippen molar-refractivity contribution in [2.45, 2.75) is 33.4 Å². The third-order valence-corrected chi connectivity index (χ3v) is 3.05. The van der Waals surface area contributed by atoms with Gasteiger partial charge in [-0.3, -0.25) is 4.68 Å². The maximum Gasteiger partial charge on any atom is 0.119 e. The molecule has 1 aromatic heterocycles. The zero-order chi connectivity index (χ0) is 13.8. The fourth-order valence-electron chi connectivity index (χ4n) is 1.84. The second kappa shape index (κ2) is 5.78. The Balaban J connectivity index is 1.95. The van der Waals surface area contributed by atoms with Crippen molar-refractivity contribution < 1.29 is 4.74 Å². The lowest BCUT2D eigenvalue weighted by atomic mass is 10.2. The minimum atomic E-state index is 0.205. The molecule has 2 rings (SSSR count). The highest BCUT2D eigenvalue weighted by molar-refractivity contribution is 5.46. The van der Waals surface area contributed by atoms with Crippen LogP contribution < -0.4 is 10.1 Å². The number of anilines is 1. The number of benzene rings is 1. The summed E-state index contributed by atoms with van der Waals surface area (Å²) in [6.45, 7) is 6.91. The highest BCUT2D eigenvalue weighted by Gasteiger charge is 2.03. The number of nitrogens with one attached hydrogen (secondary N) is 1. The summed E-state index contributed by atoms with van der Waals surface area (Å²) in [4.78, 5) is 0. The Morgan fingerprint density at radius 1 is 1.26 bits per heavy atom. The number of rotatable bonds is 5. The normalized spacial score (nSPS) is 10.8. The van der Waals surface area contributed by atoms with Crippen molar-refractivity contribution in [1.82, 2.24) is 9.78 Å². The van der Waals surface area contributed by atoms with E-state index in [1.165, 1.54) is 11.3 Å². The van der Waals surface area contributed by atoms with Crippen molar-refractivity contribution in [3.05, 3.63) is 41.7 Å². The first kappa shape index (κ1) is 13.5. The second-order valence-corrected chi connectivity index (χ2v) is 4.92. The van der Waals surface area contributed by atoms with Crippen molar-refractivity contribution in [1.29, 1.82) is 0 Å². The molecule has 1 aromatic carbocycles. The molecule has 0 aliphatic rings. The molecule has 4 heteroatoms. The van der Waals surface area contributed by atoms with E-state index >= 15 is 0 Å². The first-order chi connectivity index (χ1) is 9.06. The molecule has 1 N–H and O–H groups in total. The maximum atomic E-state index is 5.61. The number of aryl methyl sites for hydroxylation is 1. The van der Waals surface area contributed by atoms with Crippen LogP contribution in [0.1, 0.15) is 25.1 Å². The molecule has 0 radical (unpaired) electrons. The van der Waals surface area contributed by atoms with Gasteiger partial charge in [-0.15, -0.1) is 0 Å². The van der Waals surface area contributed by atoms with Crippen LogP contribution in [0.5, 0.6) is 5.75 Å². The SMILES string of the molecule is Cc1c(CNc2ccc(OC(C)C)cc2)cnn1C. The molecule has 0 saturated heterocycles. The number of aromatic nitrogens is 2. The third kappa shape index (κ3) is 3.50. The Hall–Kier alpha value is -1.97. The maximum absolute atomic E-state index is 5.61. The van der Waals surface area contributed by atoms with Crippen molar-refractivity contribution in [3.63, 3.8) is 0 Å². The monoisotopic (exact) mass is 259 g/mol. The third-order valence-electron chi connectivity index (χ3n) is 3.05. The average molecular weight is 259 g/mol. The van der Waals surface area contributed by atoms with Crippen molar-refractivity contribution in [2.75, 3.05) is 5.32 Å². The highest BCUT2D eigenvalue weighted by atomic mass is 16.5. The number of nitrogens with zero attached hydrogens (tertiary/aromatic N) is 2. The molecule has 0 fully saturated rings. The smallest absolute Gasteiger partial charge is 0.119 e. The Morgan fingerprint density at radius 2 is 1.95 bits per heavy atom. The fourth-order valence-corrected chi connectivity index (χ4v) is 1.84. The number of hydrogen-bond donors (Lipinski definition) is 1. The van der Waals surface area contributed by atoms with Gasteiger partial charge >= 0.3 is 0 Å². The van der Waals surface area contributed by atoms with Gasteiger partial charge < -0.3 is 10.1 Å². The van der Waals surface area contributed by atoms with Gasteiger partial charge in [0.15, 0.2) is 0 Å². The quantitative estimate of drug-likeness (QED) is 0.896. The van der Waals surface area contributed by atoms with Crippen LogP contribution in [0.15, 0.2) is 30.5 Å². The van der Waals surface area contributed by atoms with E-state index in [1.807, 2.05) is 56.0 Å². The predicted octanol–water partition coefficient (Wildman–Crippen LogP) is 3.13. The summed E-state index contributed by atoms with van der Waals surface area (Å²) in [6, 6.07) is 8.03. The molecule has 0 aliphatic carbocycles. The summed E-state index contributed by atoms with van der Waals surface area (Å²) < 4.78 is 7.50. The summed E-state index contributed by atoms with van der Waals surface area (Å²) >= 11 is 0. The summed E-state index contributed by atoms with van der Waals surface area (Å²) in [7, 11) is 1.96. The molecule has 1 heterocycles. The molecule has 0 amide bonds. The van der Waals surface area contributed by atoms with Crippen LogP contribution in [0.25, 0.3) is 0 Å². The Morgan fingerprint density at radius 3 is 2.47 bits per heavy atom. The summed E-state index contributed by atoms with van der Waals surface area (Å²) in [6.07, 6.45) is 2.11. The topological polar surface area (TPSA) is 39.1 Å². The Kier molecular flexibility index (Phi) is 4.10. The molecule has 0 bridgehead atoms. The van der Waals surface area contributed by atoms with Gasteiger partial charge in [0.1, 0.15) is 5.75 Å². The molecule has 0 atom stereocenters. The van der Waals surface area contributed by atoms with Crippen LogP contribution in [0, 0.1) is 6.92 Å². The zero-order valence-corrected chi connectivity index (χ0v) is 12.0. The molecule has 102 valence electrons. The number of hydrogen-bond acceptors (Lipinski definition) is 3. The van der Waals surface area contributed by atoms with Crippen molar-refractivity contribution in [2.24, 2.45) is 7.05 Å². The summed E-state index contributed by atoms with van der Waals surface area (Å²) in [5.74, 6) is 0.901. The van der Waals surface area contributed by atoms with Gasteiger partial charge in [0.2, 0.25) is 0 Å². The van der Waals surface area contributed by atoms with Gasteiger partial charge in [-0.05, 0) is 45.0 Å². The molecule has 2 aromatic rings. The predicted molar refractivity (Wildman–Crippen MR) is 77.5 cm³/mol. The highest BCUT2D eigenvalue weighted by Crippen LogP contribution is 2.18. The van der Waals surface area contributed by atoms with Crippen LogP contribution in [-0.4, -0.2) is 15.9 Å². The van der Waals surface area contributed by atoms with Crippen LogP contribution in [0.2, 0.25) is 0 Å². The van der Waals surface area contributed by atoms with Gasteiger partial charge in [0, 0.05) is 30.5 Å². The van der Waals surface area contributed by atoms with E-state index in [1.54, 1.807) is 0 Å².